The van der Waals surface area contributed by atoms with Gasteiger partial charge < -0.3 is 4.74 Å². The number of hydrogen-bond acceptors (Lipinski definition) is 2. The SMILES string of the molecule is CCCCCCCCc1ccc(OC(=O)C(C)(CCCCCC)CCCCCCCC)cc1. The fourth-order valence-electron chi connectivity index (χ4n) is 4.63. The molecule has 1 rings (SSSR count). The van der Waals surface area contributed by atoms with Crippen LogP contribution in [0.2, 0.25) is 0 Å². The zero-order chi connectivity index (χ0) is 24.2. The van der Waals surface area contributed by atoms with Crippen molar-refractivity contribution < 1.29 is 9.53 Å². The molecule has 0 aliphatic carbocycles. The third-order valence-corrected chi connectivity index (χ3v) is 7.11. The predicted octanol–water partition coefficient (Wildman–Crippen LogP) is 10.2. The van der Waals surface area contributed by atoms with E-state index < -0.39 is 0 Å². The Labute approximate surface area is 206 Å². The third kappa shape index (κ3) is 13.9. The van der Waals surface area contributed by atoms with E-state index in [0.717, 1.165) is 32.1 Å². The molecule has 2 heteroatoms. The Kier molecular flexibility index (Phi) is 17.2. The maximum atomic E-state index is 13.2. The second kappa shape index (κ2) is 19.0. The molecule has 0 radical (unpaired) electrons. The van der Waals surface area contributed by atoms with E-state index in [1.807, 2.05) is 12.1 Å². The number of benzene rings is 1. The topological polar surface area (TPSA) is 26.3 Å². The molecule has 1 aromatic carbocycles. The Bertz CT molecular complexity index is 591. The van der Waals surface area contributed by atoms with Crippen molar-refractivity contribution in [2.75, 3.05) is 0 Å². The molecule has 0 N–H and O–H groups in total. The van der Waals surface area contributed by atoms with E-state index in [2.05, 4.69) is 39.8 Å². The molecule has 0 saturated carbocycles. The van der Waals surface area contributed by atoms with Gasteiger partial charge in [-0.1, -0.05) is 129 Å². The van der Waals surface area contributed by atoms with E-state index in [1.165, 1.54) is 95.5 Å². The summed E-state index contributed by atoms with van der Waals surface area (Å²) in [6.45, 7) is 8.89. The first kappa shape index (κ1) is 29.7. The Morgan fingerprint density at radius 1 is 0.636 bits per heavy atom. The lowest BCUT2D eigenvalue weighted by molar-refractivity contribution is -0.146. The molecular formula is C31H54O2. The average molecular weight is 459 g/mol. The minimum Gasteiger partial charge on any atom is -0.426 e. The van der Waals surface area contributed by atoms with Crippen LogP contribution in [-0.2, 0) is 11.2 Å². The van der Waals surface area contributed by atoms with Crippen LogP contribution in [0.25, 0.3) is 0 Å². The van der Waals surface area contributed by atoms with E-state index in [9.17, 15) is 4.79 Å². The molecule has 0 aliphatic rings. The van der Waals surface area contributed by atoms with E-state index in [-0.39, 0.29) is 11.4 Å². The van der Waals surface area contributed by atoms with Crippen LogP contribution in [0.5, 0.6) is 5.75 Å². The zero-order valence-electron chi connectivity index (χ0n) is 22.6. The van der Waals surface area contributed by atoms with Crippen molar-refractivity contribution in [3.8, 4) is 5.75 Å². The summed E-state index contributed by atoms with van der Waals surface area (Å²) in [7, 11) is 0. The second-order valence-electron chi connectivity index (χ2n) is 10.4. The zero-order valence-corrected chi connectivity index (χ0v) is 22.6. The van der Waals surface area contributed by atoms with Crippen molar-refractivity contribution >= 4 is 5.97 Å². The Morgan fingerprint density at radius 3 is 1.58 bits per heavy atom. The number of unbranched alkanes of at least 4 members (excludes halogenated alkanes) is 13. The van der Waals surface area contributed by atoms with E-state index in [0.29, 0.717) is 5.75 Å². The van der Waals surface area contributed by atoms with Gasteiger partial charge in [-0.15, -0.1) is 0 Å². The van der Waals surface area contributed by atoms with Gasteiger partial charge in [0.05, 0.1) is 5.41 Å². The summed E-state index contributed by atoms with van der Waals surface area (Å²) < 4.78 is 5.92. The van der Waals surface area contributed by atoms with Crippen LogP contribution >= 0.6 is 0 Å². The molecule has 0 saturated heterocycles. The largest absolute Gasteiger partial charge is 0.426 e. The van der Waals surface area contributed by atoms with Crippen molar-refractivity contribution in [1.29, 1.82) is 0 Å². The molecule has 0 spiro atoms. The van der Waals surface area contributed by atoms with Crippen LogP contribution in [-0.4, -0.2) is 5.97 Å². The first-order valence-electron chi connectivity index (χ1n) is 14.4. The Balaban J connectivity index is 2.54. The number of carbonyl (C=O) groups is 1. The van der Waals surface area contributed by atoms with E-state index in [4.69, 9.17) is 4.74 Å². The number of ether oxygens (including phenoxy) is 1. The summed E-state index contributed by atoms with van der Waals surface area (Å²) in [6.07, 6.45) is 23.3. The summed E-state index contributed by atoms with van der Waals surface area (Å²) in [5.41, 5.74) is 0.982. The van der Waals surface area contributed by atoms with Gasteiger partial charge in [0.2, 0.25) is 0 Å². The van der Waals surface area contributed by atoms with E-state index >= 15 is 0 Å². The fourth-order valence-corrected chi connectivity index (χ4v) is 4.63. The van der Waals surface area contributed by atoms with Gasteiger partial charge in [-0.3, -0.25) is 4.79 Å². The van der Waals surface area contributed by atoms with Crippen molar-refractivity contribution in [1.82, 2.24) is 0 Å². The summed E-state index contributed by atoms with van der Waals surface area (Å²) in [5.74, 6) is 0.672. The van der Waals surface area contributed by atoms with E-state index in [1.54, 1.807) is 0 Å². The van der Waals surface area contributed by atoms with Crippen LogP contribution in [0.15, 0.2) is 24.3 Å². The van der Waals surface area contributed by atoms with Gasteiger partial charge in [0.1, 0.15) is 5.75 Å². The summed E-state index contributed by atoms with van der Waals surface area (Å²) >= 11 is 0. The van der Waals surface area contributed by atoms with Gasteiger partial charge in [-0.2, -0.15) is 0 Å². The van der Waals surface area contributed by atoms with Crippen molar-refractivity contribution in [2.24, 2.45) is 5.41 Å². The number of esters is 1. The van der Waals surface area contributed by atoms with Gasteiger partial charge >= 0.3 is 5.97 Å². The number of aryl methyl sites for hydroxylation is 1. The molecule has 0 aliphatic heterocycles. The standard InChI is InChI=1S/C31H54O2/c1-5-8-11-14-16-18-21-28-22-24-29(25-23-28)33-30(32)31(4,26-19-13-10-7-3)27-20-17-15-12-9-6-2/h22-25H,5-21,26-27H2,1-4H3. The van der Waals surface area contributed by atoms with Crippen LogP contribution in [0.3, 0.4) is 0 Å². The molecule has 190 valence electrons. The average Bonchev–Trinajstić information content (AvgIpc) is 2.82. The summed E-state index contributed by atoms with van der Waals surface area (Å²) in [6, 6.07) is 8.26. The molecule has 1 aromatic rings. The number of carbonyl (C=O) groups excluding carboxylic acids is 1. The molecular weight excluding hydrogens is 404 g/mol. The molecule has 1 atom stereocenters. The monoisotopic (exact) mass is 458 g/mol. The maximum Gasteiger partial charge on any atom is 0.317 e. The van der Waals surface area contributed by atoms with Gasteiger partial charge in [-0.25, -0.2) is 0 Å². The van der Waals surface area contributed by atoms with Gasteiger partial charge in [0, 0.05) is 0 Å². The normalized spacial score (nSPS) is 13.1. The molecule has 1 unspecified atom stereocenters. The van der Waals surface area contributed by atoms with Crippen molar-refractivity contribution in [2.45, 2.75) is 150 Å². The highest BCUT2D eigenvalue weighted by Crippen LogP contribution is 2.33. The Morgan fingerprint density at radius 2 is 1.06 bits per heavy atom. The highest BCUT2D eigenvalue weighted by atomic mass is 16.5. The maximum absolute atomic E-state index is 13.2. The van der Waals surface area contributed by atoms with Crippen molar-refractivity contribution in [3.63, 3.8) is 0 Å². The van der Waals surface area contributed by atoms with Crippen LogP contribution in [0.1, 0.15) is 149 Å². The molecule has 0 bridgehead atoms. The number of rotatable bonds is 21. The molecule has 2 nitrogen and oxygen atoms in total. The van der Waals surface area contributed by atoms with Gasteiger partial charge in [0.15, 0.2) is 0 Å². The fraction of sp³-hybridized carbons (Fsp3) is 0.774. The highest BCUT2D eigenvalue weighted by molar-refractivity contribution is 5.78. The van der Waals surface area contributed by atoms with Crippen LogP contribution < -0.4 is 4.74 Å². The van der Waals surface area contributed by atoms with Gasteiger partial charge in [0.25, 0.3) is 0 Å². The lowest BCUT2D eigenvalue weighted by Gasteiger charge is -2.27. The second-order valence-corrected chi connectivity index (χ2v) is 10.4. The minimum absolute atomic E-state index is 0.0313. The molecule has 0 aromatic heterocycles. The Hall–Kier alpha value is -1.31. The summed E-state index contributed by atoms with van der Waals surface area (Å²) in [4.78, 5) is 13.2. The van der Waals surface area contributed by atoms with Gasteiger partial charge in [-0.05, 0) is 50.3 Å². The molecule has 0 amide bonds. The minimum atomic E-state index is -0.365. The lowest BCUT2D eigenvalue weighted by atomic mass is 9.79. The molecule has 33 heavy (non-hydrogen) atoms. The first-order valence-corrected chi connectivity index (χ1v) is 14.4. The first-order chi connectivity index (χ1) is 16.1. The smallest absolute Gasteiger partial charge is 0.317 e. The number of hydrogen-bond donors (Lipinski definition) is 0. The highest BCUT2D eigenvalue weighted by Gasteiger charge is 2.34. The van der Waals surface area contributed by atoms with Crippen molar-refractivity contribution in [3.05, 3.63) is 29.8 Å². The third-order valence-electron chi connectivity index (χ3n) is 7.11. The molecule has 0 fully saturated rings. The molecule has 0 heterocycles. The quantitative estimate of drug-likeness (QED) is 0.104. The van der Waals surface area contributed by atoms with Crippen LogP contribution in [0.4, 0.5) is 0 Å². The lowest BCUT2D eigenvalue weighted by Crippen LogP contribution is -2.32. The van der Waals surface area contributed by atoms with Crippen LogP contribution in [0, 0.1) is 5.41 Å². The predicted molar refractivity (Wildman–Crippen MR) is 144 cm³/mol. The summed E-state index contributed by atoms with van der Waals surface area (Å²) in [5, 5.41) is 0.